The molecule has 2 saturated heterocycles. The molecule has 4 heterocycles. The van der Waals surface area contributed by atoms with E-state index in [0.29, 0.717) is 12.1 Å². The van der Waals surface area contributed by atoms with Crippen molar-refractivity contribution in [2.24, 2.45) is 5.92 Å². The van der Waals surface area contributed by atoms with Crippen LogP contribution in [-0.2, 0) is 20.5 Å². The largest absolute Gasteiger partial charge is 0.325 e. The Labute approximate surface area is 203 Å². The normalized spacial score (nSPS) is 30.3. The lowest BCUT2D eigenvalue weighted by atomic mass is 9.60. The third-order valence-corrected chi connectivity index (χ3v) is 8.60. The maximum absolute atomic E-state index is 14.6. The lowest BCUT2D eigenvalue weighted by Crippen LogP contribution is -2.55. The number of carbonyl (C=O) groups excluding carboxylic acids is 3. The van der Waals surface area contributed by atoms with E-state index in [9.17, 15) is 14.4 Å². The molecule has 2 spiro atoms. The maximum Gasteiger partial charge on any atom is 0.250 e. The average Bonchev–Trinajstić information content (AvgIpc) is 3.59. The zero-order valence-electron chi connectivity index (χ0n) is 19.4. The molecule has 0 radical (unpaired) electrons. The summed E-state index contributed by atoms with van der Waals surface area (Å²) < 4.78 is 0. The van der Waals surface area contributed by atoms with Crippen LogP contribution in [0.1, 0.15) is 39.9 Å². The zero-order valence-corrected chi connectivity index (χ0v) is 19.4. The molecular formula is C29H25N3O3. The summed E-state index contributed by atoms with van der Waals surface area (Å²) in [5.74, 6) is -1.48. The van der Waals surface area contributed by atoms with Crippen molar-refractivity contribution in [1.82, 2.24) is 4.90 Å². The van der Waals surface area contributed by atoms with Crippen LogP contribution < -0.4 is 10.6 Å². The minimum Gasteiger partial charge on any atom is -0.325 e. The van der Waals surface area contributed by atoms with Crippen molar-refractivity contribution in [1.29, 1.82) is 0 Å². The molecule has 4 atom stereocenters. The maximum atomic E-state index is 14.6. The summed E-state index contributed by atoms with van der Waals surface area (Å²) in [6.45, 7) is 2.65. The van der Waals surface area contributed by atoms with E-state index in [1.165, 1.54) is 0 Å². The van der Waals surface area contributed by atoms with E-state index in [0.717, 1.165) is 40.9 Å². The number of rotatable bonds is 2. The van der Waals surface area contributed by atoms with Crippen molar-refractivity contribution < 1.29 is 14.4 Å². The Hall–Kier alpha value is -3.77. The van der Waals surface area contributed by atoms with Gasteiger partial charge in [0.25, 0.3) is 0 Å². The van der Waals surface area contributed by atoms with Crippen molar-refractivity contribution >= 4 is 29.0 Å². The number of ketones is 1. The van der Waals surface area contributed by atoms with Crippen LogP contribution in [0.4, 0.5) is 11.4 Å². The fraction of sp³-hybridized carbons (Fsp3) is 0.276. The Morgan fingerprint density at radius 2 is 1.60 bits per heavy atom. The van der Waals surface area contributed by atoms with Crippen molar-refractivity contribution in [3.8, 4) is 0 Å². The molecule has 0 saturated carbocycles. The quantitative estimate of drug-likeness (QED) is 0.563. The second-order valence-electron chi connectivity index (χ2n) is 10.2. The molecule has 3 aromatic rings. The number of benzene rings is 3. The van der Waals surface area contributed by atoms with Gasteiger partial charge < -0.3 is 10.6 Å². The highest BCUT2D eigenvalue weighted by atomic mass is 16.2. The molecule has 6 nitrogen and oxygen atoms in total. The van der Waals surface area contributed by atoms with Gasteiger partial charge in [-0.05, 0) is 44.0 Å². The first-order chi connectivity index (χ1) is 17.0. The van der Waals surface area contributed by atoms with E-state index >= 15 is 0 Å². The van der Waals surface area contributed by atoms with Crippen LogP contribution in [0.5, 0.6) is 0 Å². The summed E-state index contributed by atoms with van der Waals surface area (Å²) in [5, 5.41) is 6.17. The number of para-hydroxylation sites is 1. The van der Waals surface area contributed by atoms with E-state index in [4.69, 9.17) is 0 Å². The van der Waals surface area contributed by atoms with Gasteiger partial charge in [0.2, 0.25) is 11.8 Å². The number of nitrogens with one attached hydrogen (secondary N) is 2. The van der Waals surface area contributed by atoms with Gasteiger partial charge in [-0.15, -0.1) is 0 Å². The van der Waals surface area contributed by atoms with E-state index in [1.807, 2.05) is 67.6 Å². The van der Waals surface area contributed by atoms with Crippen LogP contribution in [-0.4, -0.2) is 35.1 Å². The number of amides is 2. The molecule has 174 valence electrons. The van der Waals surface area contributed by atoms with Crippen molar-refractivity contribution in [3.63, 3.8) is 0 Å². The monoisotopic (exact) mass is 463 g/mol. The van der Waals surface area contributed by atoms with Gasteiger partial charge >= 0.3 is 0 Å². The first kappa shape index (κ1) is 20.6. The molecule has 4 aliphatic rings. The highest BCUT2D eigenvalue weighted by molar-refractivity contribution is 6.18. The van der Waals surface area contributed by atoms with Crippen molar-refractivity contribution in [3.05, 3.63) is 95.1 Å². The second-order valence-corrected chi connectivity index (χ2v) is 10.2. The Balaban J connectivity index is 1.60. The predicted molar refractivity (Wildman–Crippen MR) is 132 cm³/mol. The summed E-state index contributed by atoms with van der Waals surface area (Å²) in [7, 11) is 0. The number of aryl methyl sites for hydroxylation is 1. The Kier molecular flexibility index (Phi) is 4.05. The fourth-order valence-corrected chi connectivity index (χ4v) is 7.43. The minimum atomic E-state index is -1.26. The fourth-order valence-electron chi connectivity index (χ4n) is 7.43. The molecule has 4 aliphatic heterocycles. The van der Waals surface area contributed by atoms with Gasteiger partial charge in [-0.2, -0.15) is 0 Å². The van der Waals surface area contributed by atoms with Gasteiger partial charge in [-0.1, -0.05) is 66.2 Å². The Morgan fingerprint density at radius 3 is 2.43 bits per heavy atom. The molecule has 2 N–H and O–H groups in total. The number of hydrogen-bond acceptors (Lipinski definition) is 4. The predicted octanol–water partition coefficient (Wildman–Crippen LogP) is 4.01. The average molecular weight is 464 g/mol. The van der Waals surface area contributed by atoms with E-state index < -0.39 is 16.9 Å². The number of fused-ring (bicyclic) bond motifs is 7. The number of anilines is 2. The molecule has 3 aromatic carbocycles. The molecule has 0 unspecified atom stereocenters. The molecule has 2 amide bonds. The molecule has 7 rings (SSSR count). The van der Waals surface area contributed by atoms with E-state index in [2.05, 4.69) is 15.5 Å². The van der Waals surface area contributed by atoms with Crippen LogP contribution in [0.3, 0.4) is 0 Å². The van der Waals surface area contributed by atoms with Crippen LogP contribution >= 0.6 is 0 Å². The second kappa shape index (κ2) is 6.89. The summed E-state index contributed by atoms with van der Waals surface area (Å²) in [4.78, 5) is 45.1. The van der Waals surface area contributed by atoms with Crippen LogP contribution in [0, 0.1) is 12.8 Å². The first-order valence-electron chi connectivity index (χ1n) is 12.2. The van der Waals surface area contributed by atoms with Gasteiger partial charge in [0.05, 0.1) is 5.92 Å². The Morgan fingerprint density at radius 1 is 0.886 bits per heavy atom. The van der Waals surface area contributed by atoms with Gasteiger partial charge in [-0.25, -0.2) is 0 Å². The topological polar surface area (TPSA) is 78.5 Å². The molecule has 6 heteroatoms. The molecular weight excluding hydrogens is 438 g/mol. The minimum absolute atomic E-state index is 0.170. The molecule has 0 bridgehead atoms. The lowest BCUT2D eigenvalue weighted by molar-refractivity contribution is -0.128. The number of carbonyl (C=O) groups is 3. The smallest absolute Gasteiger partial charge is 0.250 e. The van der Waals surface area contributed by atoms with E-state index in [1.54, 1.807) is 12.1 Å². The summed E-state index contributed by atoms with van der Waals surface area (Å²) in [6, 6.07) is 22.4. The van der Waals surface area contributed by atoms with Gasteiger partial charge in [0, 0.05) is 28.5 Å². The van der Waals surface area contributed by atoms with Crippen molar-refractivity contribution in [2.45, 2.75) is 36.8 Å². The van der Waals surface area contributed by atoms with Crippen LogP contribution in [0.15, 0.2) is 72.8 Å². The van der Waals surface area contributed by atoms with Crippen LogP contribution in [0.2, 0.25) is 0 Å². The SMILES string of the molecule is Cc1ccc2c(c1)[C@]1(C(=O)N2)[C@H](C(=O)c2ccccc2)[C@]2(C(=O)Nc3ccccc32)[C@H]2CCCN21. The van der Waals surface area contributed by atoms with Gasteiger partial charge in [0.15, 0.2) is 5.78 Å². The van der Waals surface area contributed by atoms with Gasteiger partial charge in [-0.3, -0.25) is 19.3 Å². The van der Waals surface area contributed by atoms with E-state index in [-0.39, 0.29) is 23.6 Å². The van der Waals surface area contributed by atoms with Gasteiger partial charge in [0.1, 0.15) is 11.0 Å². The molecule has 0 aromatic heterocycles. The standard InChI is InChI=1S/C29H25N3O3/c1-17-13-14-22-20(16-17)29(27(35)31-22)25(24(33)18-8-3-2-4-9-18)28(23-12-7-15-32(23)29)19-10-5-6-11-21(19)30-26(28)34/h2-6,8-11,13-14,16,23,25H,7,12,15H2,1H3,(H,30,34)(H,31,35)/t23-,25-,28-,29-/m1/s1. The zero-order chi connectivity index (χ0) is 23.9. The number of hydrogen-bond donors (Lipinski definition) is 2. The lowest BCUT2D eigenvalue weighted by Gasteiger charge is -2.38. The first-order valence-corrected chi connectivity index (χ1v) is 12.2. The number of Topliss-reactive ketones (excluding diaryl/α,β-unsaturated/α-hetero) is 1. The molecule has 0 aliphatic carbocycles. The third kappa shape index (κ3) is 2.31. The summed E-state index contributed by atoms with van der Waals surface area (Å²) >= 11 is 0. The Bertz CT molecular complexity index is 1430. The third-order valence-electron chi connectivity index (χ3n) is 8.60. The van der Waals surface area contributed by atoms with Crippen LogP contribution in [0.25, 0.3) is 0 Å². The molecule has 35 heavy (non-hydrogen) atoms. The highest BCUT2D eigenvalue weighted by Gasteiger charge is 2.78. The summed E-state index contributed by atoms with van der Waals surface area (Å²) in [5.41, 5.74) is 2.19. The highest BCUT2D eigenvalue weighted by Crippen LogP contribution is 2.66. The molecule has 2 fully saturated rings. The van der Waals surface area contributed by atoms with Crippen molar-refractivity contribution in [2.75, 3.05) is 17.2 Å². The summed E-state index contributed by atoms with van der Waals surface area (Å²) in [6.07, 6.45) is 1.61. The number of nitrogens with zero attached hydrogens (tertiary/aromatic N) is 1.